The zero-order chi connectivity index (χ0) is 20.7. The lowest BCUT2D eigenvalue weighted by Crippen LogP contribution is -2.42. The van der Waals surface area contributed by atoms with E-state index in [9.17, 15) is 13.2 Å². The standard InChI is InChI=1S/C19H23F3N6S.HI/c1-23-16(27-13-18(8-9-18)29-14-5-3-2-4-6-14)25-11-12-26-17-24-10-7-15(28-17)19(20,21)22;/h2-7,10H,8-9,11-13H2,1H3,(H2,23,25,27)(H,24,26,28);1H. The Hall–Kier alpha value is -1.76. The Bertz CT molecular complexity index is 831. The summed E-state index contributed by atoms with van der Waals surface area (Å²) in [6, 6.07) is 11.1. The first-order valence-corrected chi connectivity index (χ1v) is 10.0. The van der Waals surface area contributed by atoms with Gasteiger partial charge in [0.15, 0.2) is 5.96 Å². The largest absolute Gasteiger partial charge is 0.433 e. The van der Waals surface area contributed by atoms with Crippen LogP contribution in [-0.4, -0.2) is 47.4 Å². The molecule has 1 aromatic carbocycles. The summed E-state index contributed by atoms with van der Waals surface area (Å²) in [4.78, 5) is 12.7. The fourth-order valence-electron chi connectivity index (χ4n) is 2.62. The van der Waals surface area contributed by atoms with Gasteiger partial charge in [-0.25, -0.2) is 9.97 Å². The molecule has 1 aliphatic carbocycles. The van der Waals surface area contributed by atoms with Gasteiger partial charge in [-0.05, 0) is 31.0 Å². The zero-order valence-corrected chi connectivity index (χ0v) is 19.5. The molecule has 0 aliphatic heterocycles. The number of halogens is 4. The van der Waals surface area contributed by atoms with Crippen molar-refractivity contribution in [1.29, 1.82) is 0 Å². The number of aliphatic imine (C=N–C) groups is 1. The zero-order valence-electron chi connectivity index (χ0n) is 16.4. The number of alkyl halides is 3. The van der Waals surface area contributed by atoms with Gasteiger partial charge in [0, 0.05) is 42.5 Å². The molecule has 0 spiro atoms. The highest BCUT2D eigenvalue weighted by Crippen LogP contribution is 2.51. The summed E-state index contributed by atoms with van der Waals surface area (Å²) >= 11 is 1.87. The Kier molecular flexibility index (Phi) is 9.01. The smallest absolute Gasteiger partial charge is 0.355 e. The minimum absolute atomic E-state index is 0. The maximum absolute atomic E-state index is 12.7. The molecule has 3 N–H and O–H groups in total. The van der Waals surface area contributed by atoms with Crippen LogP contribution in [0.1, 0.15) is 18.5 Å². The van der Waals surface area contributed by atoms with Gasteiger partial charge in [-0.15, -0.1) is 35.7 Å². The van der Waals surface area contributed by atoms with Crippen LogP contribution in [0.4, 0.5) is 19.1 Å². The Balaban J connectivity index is 0.00000320. The molecule has 1 aliphatic rings. The number of anilines is 1. The fourth-order valence-corrected chi connectivity index (χ4v) is 3.86. The molecule has 0 bridgehead atoms. The van der Waals surface area contributed by atoms with Crippen LogP contribution in [0.5, 0.6) is 0 Å². The lowest BCUT2D eigenvalue weighted by atomic mass is 10.4. The second kappa shape index (κ2) is 11.0. The fraction of sp³-hybridized carbons (Fsp3) is 0.421. The van der Waals surface area contributed by atoms with Gasteiger partial charge in [0.25, 0.3) is 0 Å². The van der Waals surface area contributed by atoms with E-state index in [1.165, 1.54) is 4.90 Å². The van der Waals surface area contributed by atoms with E-state index in [1.807, 2.05) is 30.0 Å². The lowest BCUT2D eigenvalue weighted by Gasteiger charge is -2.18. The van der Waals surface area contributed by atoms with E-state index < -0.39 is 11.9 Å². The summed E-state index contributed by atoms with van der Waals surface area (Å²) in [6.07, 6.45) is -1.11. The number of nitrogens with one attached hydrogen (secondary N) is 3. The van der Waals surface area contributed by atoms with E-state index in [0.717, 1.165) is 31.6 Å². The SMILES string of the molecule is CN=C(NCCNc1nccc(C(F)(F)F)n1)NCC1(Sc2ccccc2)CC1.I. The molecule has 1 aromatic heterocycles. The van der Waals surface area contributed by atoms with Crippen LogP contribution < -0.4 is 16.0 Å². The predicted molar refractivity (Wildman–Crippen MR) is 125 cm³/mol. The quantitative estimate of drug-likeness (QED) is 0.199. The molecule has 2 aromatic rings. The Morgan fingerprint density at radius 3 is 2.50 bits per heavy atom. The van der Waals surface area contributed by atoms with Gasteiger partial charge in [0.2, 0.25) is 5.95 Å². The van der Waals surface area contributed by atoms with Crippen molar-refractivity contribution in [2.75, 3.05) is 32.0 Å². The minimum Gasteiger partial charge on any atom is -0.355 e. The van der Waals surface area contributed by atoms with E-state index in [1.54, 1.807) is 7.05 Å². The number of guanidine groups is 1. The van der Waals surface area contributed by atoms with Crippen LogP contribution in [0.25, 0.3) is 0 Å². The van der Waals surface area contributed by atoms with Gasteiger partial charge in [-0.2, -0.15) is 13.2 Å². The Labute approximate surface area is 195 Å². The van der Waals surface area contributed by atoms with Crippen molar-refractivity contribution in [3.05, 3.63) is 48.3 Å². The summed E-state index contributed by atoms with van der Waals surface area (Å²) in [7, 11) is 1.68. The molecule has 6 nitrogen and oxygen atoms in total. The van der Waals surface area contributed by atoms with Crippen molar-refractivity contribution in [3.8, 4) is 0 Å². The molecule has 11 heteroatoms. The molecule has 0 amide bonds. The summed E-state index contributed by atoms with van der Waals surface area (Å²) in [5.41, 5.74) is -0.967. The van der Waals surface area contributed by atoms with Crippen LogP contribution in [0, 0.1) is 0 Å². The molecule has 1 saturated carbocycles. The topological polar surface area (TPSA) is 74.2 Å². The summed E-state index contributed by atoms with van der Waals surface area (Å²) < 4.78 is 38.2. The van der Waals surface area contributed by atoms with Gasteiger partial charge < -0.3 is 16.0 Å². The van der Waals surface area contributed by atoms with Crippen molar-refractivity contribution in [3.63, 3.8) is 0 Å². The van der Waals surface area contributed by atoms with Crippen LogP contribution in [0.2, 0.25) is 0 Å². The molecule has 3 rings (SSSR count). The lowest BCUT2D eigenvalue weighted by molar-refractivity contribution is -0.141. The molecular weight excluding hydrogens is 528 g/mol. The molecule has 0 unspecified atom stereocenters. The average molecular weight is 552 g/mol. The first kappa shape index (κ1) is 24.5. The highest BCUT2D eigenvalue weighted by Gasteiger charge is 2.43. The number of benzene rings is 1. The van der Waals surface area contributed by atoms with Gasteiger partial charge >= 0.3 is 6.18 Å². The summed E-state index contributed by atoms with van der Waals surface area (Å²) in [6.45, 7) is 1.60. The van der Waals surface area contributed by atoms with Gasteiger partial charge in [-0.1, -0.05) is 18.2 Å². The first-order chi connectivity index (χ1) is 13.9. The predicted octanol–water partition coefficient (Wildman–Crippen LogP) is 4.02. The normalized spacial score (nSPS) is 15.1. The number of hydrogen-bond donors (Lipinski definition) is 3. The third-order valence-electron chi connectivity index (χ3n) is 4.33. The monoisotopic (exact) mass is 552 g/mol. The summed E-state index contributed by atoms with van der Waals surface area (Å²) in [5.74, 6) is 0.595. The number of hydrogen-bond acceptors (Lipinski definition) is 5. The van der Waals surface area contributed by atoms with Crippen LogP contribution >= 0.6 is 35.7 Å². The molecule has 1 heterocycles. The molecule has 0 radical (unpaired) electrons. The molecule has 1 fully saturated rings. The molecule has 0 saturated heterocycles. The van der Waals surface area contributed by atoms with E-state index in [-0.39, 0.29) is 34.7 Å². The maximum Gasteiger partial charge on any atom is 0.433 e. The van der Waals surface area contributed by atoms with Gasteiger partial charge in [-0.3, -0.25) is 4.99 Å². The van der Waals surface area contributed by atoms with E-state index in [2.05, 4.69) is 43.0 Å². The van der Waals surface area contributed by atoms with Crippen molar-refractivity contribution < 1.29 is 13.2 Å². The second-order valence-corrected chi connectivity index (χ2v) is 8.18. The molecule has 0 atom stereocenters. The molecule has 30 heavy (non-hydrogen) atoms. The molecule has 164 valence electrons. The highest BCUT2D eigenvalue weighted by molar-refractivity contribution is 14.0. The summed E-state index contributed by atoms with van der Waals surface area (Å²) in [5, 5.41) is 9.25. The maximum atomic E-state index is 12.7. The third kappa shape index (κ3) is 7.49. The van der Waals surface area contributed by atoms with Crippen LogP contribution in [0.15, 0.2) is 52.5 Å². The van der Waals surface area contributed by atoms with E-state index in [4.69, 9.17) is 0 Å². The van der Waals surface area contributed by atoms with Crippen molar-refractivity contribution >= 4 is 47.6 Å². The van der Waals surface area contributed by atoms with Crippen molar-refractivity contribution in [2.45, 2.75) is 28.7 Å². The Morgan fingerprint density at radius 2 is 1.87 bits per heavy atom. The second-order valence-electron chi connectivity index (χ2n) is 6.64. The number of rotatable bonds is 8. The van der Waals surface area contributed by atoms with Crippen molar-refractivity contribution in [1.82, 2.24) is 20.6 Å². The van der Waals surface area contributed by atoms with Crippen LogP contribution in [-0.2, 0) is 6.18 Å². The number of thioether (sulfide) groups is 1. The molecular formula is C19H24F3IN6S. The van der Waals surface area contributed by atoms with Crippen molar-refractivity contribution in [2.24, 2.45) is 4.99 Å². The first-order valence-electron chi connectivity index (χ1n) is 9.23. The highest BCUT2D eigenvalue weighted by atomic mass is 127. The van der Waals surface area contributed by atoms with Crippen LogP contribution in [0.3, 0.4) is 0 Å². The van der Waals surface area contributed by atoms with E-state index >= 15 is 0 Å². The number of nitrogens with zero attached hydrogens (tertiary/aromatic N) is 3. The minimum atomic E-state index is -4.49. The Morgan fingerprint density at radius 1 is 1.13 bits per heavy atom. The third-order valence-corrected chi connectivity index (χ3v) is 5.83. The number of aromatic nitrogens is 2. The van der Waals surface area contributed by atoms with Gasteiger partial charge in [0.05, 0.1) is 0 Å². The van der Waals surface area contributed by atoms with E-state index in [0.29, 0.717) is 19.0 Å². The van der Waals surface area contributed by atoms with Gasteiger partial charge in [0.1, 0.15) is 5.69 Å². The average Bonchev–Trinajstić information content (AvgIpc) is 3.47.